The smallest absolute Gasteiger partial charge is 0.195 e. The van der Waals surface area contributed by atoms with E-state index in [1.165, 1.54) is 18.1 Å². The minimum absolute atomic E-state index is 0.497. The highest BCUT2D eigenvalue weighted by Crippen LogP contribution is 2.29. The van der Waals surface area contributed by atoms with Gasteiger partial charge in [0, 0.05) is 0 Å². The van der Waals surface area contributed by atoms with Crippen molar-refractivity contribution >= 4 is 17.6 Å². The maximum absolute atomic E-state index is 5.22. The molecular weight excluding hydrogens is 176 g/mol. The topological polar surface area (TPSA) is 73.1 Å². The number of nitrogens with two attached hydrogens (primary N) is 1. The predicted molar refractivity (Wildman–Crippen MR) is 48.2 cm³/mol. The summed E-state index contributed by atoms with van der Waals surface area (Å²) in [5, 5.41) is 0.764. The molecule has 12 heavy (non-hydrogen) atoms. The Morgan fingerprint density at radius 1 is 1.58 bits per heavy atom. The van der Waals surface area contributed by atoms with Crippen LogP contribution in [0.2, 0.25) is 0 Å². The quantitative estimate of drug-likeness (QED) is 0.310. The first-order valence-electron chi connectivity index (χ1n) is 3.23. The Bertz CT molecular complexity index is 245. The molecular formula is C6H10N4OS. The summed E-state index contributed by atoms with van der Waals surface area (Å²) >= 11 is 1.48. The van der Waals surface area contributed by atoms with E-state index in [1.54, 1.807) is 7.11 Å². The van der Waals surface area contributed by atoms with E-state index in [1.807, 2.05) is 6.26 Å². The first-order chi connectivity index (χ1) is 5.83. The largest absolute Gasteiger partial charge is 0.490 e. The molecule has 0 saturated heterocycles. The minimum atomic E-state index is 0.497. The van der Waals surface area contributed by atoms with Crippen LogP contribution < -0.4 is 16.0 Å². The van der Waals surface area contributed by atoms with Crippen LogP contribution in [0.15, 0.2) is 11.4 Å². The maximum atomic E-state index is 5.22. The summed E-state index contributed by atoms with van der Waals surface area (Å²) in [6.45, 7) is 0. The van der Waals surface area contributed by atoms with E-state index in [0.717, 1.165) is 5.03 Å². The third kappa shape index (κ3) is 1.59. The molecule has 0 unspecified atom stereocenters. The van der Waals surface area contributed by atoms with Crippen LogP contribution in [0, 0.1) is 0 Å². The zero-order chi connectivity index (χ0) is 8.97. The number of aromatic nitrogens is 2. The molecule has 1 aromatic rings. The number of anilines is 1. The number of thioether (sulfide) groups is 1. The second-order valence-electron chi connectivity index (χ2n) is 1.91. The number of hydrazine groups is 1. The van der Waals surface area contributed by atoms with Gasteiger partial charge in [0.2, 0.25) is 0 Å². The Morgan fingerprint density at radius 3 is 2.83 bits per heavy atom. The van der Waals surface area contributed by atoms with E-state index in [9.17, 15) is 0 Å². The Morgan fingerprint density at radius 2 is 2.33 bits per heavy atom. The average Bonchev–Trinajstić information content (AvgIpc) is 2.16. The fourth-order valence-corrected chi connectivity index (χ4v) is 1.31. The van der Waals surface area contributed by atoms with Gasteiger partial charge in [0.1, 0.15) is 11.4 Å². The second-order valence-corrected chi connectivity index (χ2v) is 2.70. The summed E-state index contributed by atoms with van der Waals surface area (Å²) in [7, 11) is 1.55. The molecule has 66 valence electrons. The van der Waals surface area contributed by atoms with Gasteiger partial charge in [-0.2, -0.15) is 0 Å². The molecule has 0 spiro atoms. The van der Waals surface area contributed by atoms with Crippen LogP contribution in [0.5, 0.6) is 5.75 Å². The molecule has 1 rings (SSSR count). The third-order valence-electron chi connectivity index (χ3n) is 1.31. The molecule has 5 nitrogen and oxygen atoms in total. The summed E-state index contributed by atoms with van der Waals surface area (Å²) in [4.78, 5) is 7.90. The van der Waals surface area contributed by atoms with Crippen LogP contribution in [0.3, 0.4) is 0 Å². The van der Waals surface area contributed by atoms with Crippen molar-refractivity contribution in [1.29, 1.82) is 0 Å². The molecule has 1 aromatic heterocycles. The fourth-order valence-electron chi connectivity index (χ4n) is 0.790. The molecule has 0 bridgehead atoms. The molecule has 0 amide bonds. The first-order valence-corrected chi connectivity index (χ1v) is 4.45. The average molecular weight is 186 g/mol. The zero-order valence-corrected chi connectivity index (χ0v) is 7.68. The Labute approximate surface area is 74.7 Å². The van der Waals surface area contributed by atoms with Gasteiger partial charge in [-0.1, -0.05) is 0 Å². The van der Waals surface area contributed by atoms with Gasteiger partial charge >= 0.3 is 0 Å². The number of nitrogens with zero attached hydrogens (tertiary/aromatic N) is 2. The van der Waals surface area contributed by atoms with Gasteiger partial charge in [-0.3, -0.25) is 0 Å². The van der Waals surface area contributed by atoms with E-state index in [2.05, 4.69) is 15.4 Å². The van der Waals surface area contributed by atoms with Crippen LogP contribution in [0.1, 0.15) is 0 Å². The minimum Gasteiger partial charge on any atom is -0.490 e. The van der Waals surface area contributed by atoms with Crippen molar-refractivity contribution in [3.8, 4) is 5.75 Å². The highest BCUT2D eigenvalue weighted by atomic mass is 32.2. The number of ether oxygens (including phenoxy) is 1. The molecule has 0 aromatic carbocycles. The highest BCUT2D eigenvalue weighted by Gasteiger charge is 2.08. The standard InChI is InChI=1S/C6H10N4OS/c1-11-4-5(10-7)8-3-9-6(4)12-2/h3H,7H2,1-2H3,(H,8,9,10). The fraction of sp³-hybridized carbons (Fsp3) is 0.333. The Balaban J connectivity index is 3.13. The van der Waals surface area contributed by atoms with E-state index in [-0.39, 0.29) is 0 Å². The SMILES string of the molecule is COc1c(NN)ncnc1SC. The van der Waals surface area contributed by atoms with Gasteiger partial charge in [-0.25, -0.2) is 15.8 Å². The molecule has 6 heteroatoms. The van der Waals surface area contributed by atoms with Crippen molar-refractivity contribution in [2.24, 2.45) is 5.84 Å². The molecule has 0 aliphatic rings. The number of methoxy groups -OCH3 is 1. The number of nitrogens with one attached hydrogen (secondary N) is 1. The predicted octanol–water partition coefficient (Wildman–Crippen LogP) is 0.493. The molecule has 0 saturated carbocycles. The molecule has 0 atom stereocenters. The summed E-state index contributed by atoms with van der Waals surface area (Å²) in [5.74, 6) is 6.29. The molecule has 0 radical (unpaired) electrons. The Hall–Kier alpha value is -1.01. The monoisotopic (exact) mass is 186 g/mol. The van der Waals surface area contributed by atoms with Gasteiger partial charge in [0.25, 0.3) is 0 Å². The molecule has 3 N–H and O–H groups in total. The van der Waals surface area contributed by atoms with Gasteiger partial charge in [-0.05, 0) is 6.26 Å². The Kier molecular flexibility index (Phi) is 3.12. The summed E-state index contributed by atoms with van der Waals surface area (Å²) < 4.78 is 5.07. The molecule has 0 aliphatic carbocycles. The van der Waals surface area contributed by atoms with Crippen molar-refractivity contribution in [3.63, 3.8) is 0 Å². The van der Waals surface area contributed by atoms with Crippen LogP contribution in [-0.2, 0) is 0 Å². The number of nitrogen functional groups attached to an aromatic ring is 1. The summed E-state index contributed by atoms with van der Waals surface area (Å²) in [6, 6.07) is 0. The summed E-state index contributed by atoms with van der Waals surface area (Å²) in [5.41, 5.74) is 2.43. The van der Waals surface area contributed by atoms with Gasteiger partial charge in [0.05, 0.1) is 7.11 Å². The molecule has 1 heterocycles. The second kappa shape index (κ2) is 4.13. The first kappa shape index (κ1) is 9.08. The van der Waals surface area contributed by atoms with E-state index in [4.69, 9.17) is 10.6 Å². The van der Waals surface area contributed by atoms with Crippen LogP contribution in [0.25, 0.3) is 0 Å². The molecule has 0 aliphatic heterocycles. The van der Waals surface area contributed by atoms with E-state index in [0.29, 0.717) is 11.6 Å². The van der Waals surface area contributed by atoms with Crippen LogP contribution >= 0.6 is 11.8 Å². The number of rotatable bonds is 3. The van der Waals surface area contributed by atoms with Crippen molar-refractivity contribution in [1.82, 2.24) is 9.97 Å². The zero-order valence-electron chi connectivity index (χ0n) is 6.87. The normalized spacial score (nSPS) is 9.58. The van der Waals surface area contributed by atoms with Crippen molar-refractivity contribution in [3.05, 3.63) is 6.33 Å². The third-order valence-corrected chi connectivity index (χ3v) is 1.98. The lowest BCUT2D eigenvalue weighted by Gasteiger charge is -2.08. The summed E-state index contributed by atoms with van der Waals surface area (Å²) in [6.07, 6.45) is 3.34. The maximum Gasteiger partial charge on any atom is 0.195 e. The van der Waals surface area contributed by atoms with Crippen LogP contribution in [-0.4, -0.2) is 23.3 Å². The highest BCUT2D eigenvalue weighted by molar-refractivity contribution is 7.98. The van der Waals surface area contributed by atoms with Gasteiger partial charge < -0.3 is 10.2 Å². The van der Waals surface area contributed by atoms with E-state index >= 15 is 0 Å². The van der Waals surface area contributed by atoms with Crippen molar-refractivity contribution in [2.45, 2.75) is 5.03 Å². The number of hydrogen-bond acceptors (Lipinski definition) is 6. The number of hydrogen-bond donors (Lipinski definition) is 2. The van der Waals surface area contributed by atoms with Crippen molar-refractivity contribution in [2.75, 3.05) is 18.8 Å². The molecule has 0 fully saturated rings. The van der Waals surface area contributed by atoms with Crippen molar-refractivity contribution < 1.29 is 4.74 Å². The lowest BCUT2D eigenvalue weighted by Crippen LogP contribution is -2.10. The van der Waals surface area contributed by atoms with Crippen LogP contribution in [0.4, 0.5) is 5.82 Å². The van der Waals surface area contributed by atoms with Gasteiger partial charge in [-0.15, -0.1) is 11.8 Å². The lowest BCUT2D eigenvalue weighted by atomic mass is 10.5. The van der Waals surface area contributed by atoms with E-state index < -0.39 is 0 Å². The van der Waals surface area contributed by atoms with Gasteiger partial charge in [0.15, 0.2) is 11.6 Å². The lowest BCUT2D eigenvalue weighted by molar-refractivity contribution is 0.400.